The Morgan fingerprint density at radius 1 is 1.04 bits per heavy atom. The topological polar surface area (TPSA) is 72.5 Å². The predicted octanol–water partition coefficient (Wildman–Crippen LogP) is 2.36. The molecule has 0 aliphatic heterocycles. The molecule has 0 heterocycles. The van der Waals surface area contributed by atoms with Crippen LogP contribution in [-0.2, 0) is 27.6 Å². The highest BCUT2D eigenvalue weighted by atomic mass is 32.2. The second-order valence-electron chi connectivity index (χ2n) is 5.77. The van der Waals surface area contributed by atoms with Crippen LogP contribution < -0.4 is 10.1 Å². The van der Waals surface area contributed by atoms with E-state index in [2.05, 4.69) is 5.32 Å². The van der Waals surface area contributed by atoms with Gasteiger partial charge in [-0.2, -0.15) is 0 Å². The molecule has 2 aromatic carbocycles. The molecule has 0 saturated carbocycles. The van der Waals surface area contributed by atoms with E-state index >= 15 is 0 Å². The van der Waals surface area contributed by atoms with Crippen molar-refractivity contribution in [3.8, 4) is 5.75 Å². The Hall–Kier alpha value is -2.34. The Morgan fingerprint density at radius 2 is 1.72 bits per heavy atom. The summed E-state index contributed by atoms with van der Waals surface area (Å²) in [6.45, 7) is 0.238. The first-order chi connectivity index (χ1) is 12.0. The fourth-order valence-corrected chi connectivity index (χ4v) is 3.74. The summed E-state index contributed by atoms with van der Waals surface area (Å²) in [4.78, 5) is 11.9. The minimum Gasteiger partial charge on any atom is -0.496 e. The number of ether oxygens (including phenoxy) is 1. The molecule has 0 aliphatic carbocycles. The van der Waals surface area contributed by atoms with Crippen molar-refractivity contribution < 1.29 is 17.9 Å². The number of hydrogen-bond donors (Lipinski definition) is 1. The van der Waals surface area contributed by atoms with Crippen LogP contribution in [-0.4, -0.2) is 32.9 Å². The van der Waals surface area contributed by atoms with Crippen molar-refractivity contribution >= 4 is 15.7 Å². The van der Waals surface area contributed by atoms with Crippen LogP contribution in [0.3, 0.4) is 0 Å². The first kappa shape index (κ1) is 19.0. The van der Waals surface area contributed by atoms with E-state index in [1.165, 1.54) is 0 Å². The molecule has 1 amide bonds. The molecule has 0 atom stereocenters. The minimum atomic E-state index is -3.41. The second kappa shape index (κ2) is 9.22. The molecule has 2 aromatic rings. The number of carbonyl (C=O) groups excluding carboxylic acids is 1. The average Bonchev–Trinajstić information content (AvgIpc) is 2.60. The molecule has 6 heteroatoms. The normalized spacial score (nSPS) is 11.1. The number of para-hydroxylation sites is 1. The summed E-state index contributed by atoms with van der Waals surface area (Å²) in [7, 11) is -1.86. The molecule has 0 saturated heterocycles. The summed E-state index contributed by atoms with van der Waals surface area (Å²) >= 11 is 0. The van der Waals surface area contributed by atoms with Gasteiger partial charge in [0.25, 0.3) is 0 Å². The van der Waals surface area contributed by atoms with Crippen LogP contribution in [0.1, 0.15) is 17.5 Å². The van der Waals surface area contributed by atoms with Gasteiger partial charge >= 0.3 is 0 Å². The van der Waals surface area contributed by atoms with Crippen molar-refractivity contribution in [1.82, 2.24) is 5.32 Å². The Bertz CT molecular complexity index is 788. The van der Waals surface area contributed by atoms with Gasteiger partial charge in [0.05, 0.1) is 12.9 Å². The van der Waals surface area contributed by atoms with Crippen LogP contribution in [0, 0.1) is 0 Å². The second-order valence-corrected chi connectivity index (χ2v) is 7.95. The van der Waals surface area contributed by atoms with Crippen LogP contribution in [0.4, 0.5) is 0 Å². The van der Waals surface area contributed by atoms with Gasteiger partial charge in [0.1, 0.15) is 11.5 Å². The van der Waals surface area contributed by atoms with E-state index in [-0.39, 0.29) is 12.3 Å². The van der Waals surface area contributed by atoms with E-state index in [0.29, 0.717) is 18.6 Å². The highest BCUT2D eigenvalue weighted by Crippen LogP contribution is 2.16. The predicted molar refractivity (Wildman–Crippen MR) is 98.3 cm³/mol. The van der Waals surface area contributed by atoms with Crippen LogP contribution in [0.25, 0.3) is 0 Å². The number of benzene rings is 2. The highest BCUT2D eigenvalue weighted by molar-refractivity contribution is 7.92. The monoisotopic (exact) mass is 361 g/mol. The zero-order chi connectivity index (χ0) is 18.1. The molecule has 5 nitrogen and oxygen atoms in total. The third-order valence-corrected chi connectivity index (χ3v) is 5.40. The Morgan fingerprint density at radius 3 is 2.44 bits per heavy atom. The Kier molecular flexibility index (Phi) is 7.01. The first-order valence-electron chi connectivity index (χ1n) is 8.13. The summed E-state index contributed by atoms with van der Waals surface area (Å²) in [5.41, 5.74) is 1.90. The van der Waals surface area contributed by atoms with E-state index < -0.39 is 21.5 Å². The SMILES string of the molecule is COc1ccccc1CNC(=O)CS(=O)(=O)CCCc1ccccc1. The van der Waals surface area contributed by atoms with Gasteiger partial charge in [-0.1, -0.05) is 48.5 Å². The van der Waals surface area contributed by atoms with Crippen LogP contribution >= 0.6 is 0 Å². The average molecular weight is 361 g/mol. The molecule has 25 heavy (non-hydrogen) atoms. The molecule has 0 aliphatic rings. The number of carbonyl (C=O) groups is 1. The summed E-state index contributed by atoms with van der Waals surface area (Å²) in [5.74, 6) is -0.319. The molecule has 1 N–H and O–H groups in total. The largest absolute Gasteiger partial charge is 0.496 e. The number of aryl methyl sites for hydroxylation is 1. The van der Waals surface area contributed by atoms with Crippen LogP contribution in [0.15, 0.2) is 54.6 Å². The van der Waals surface area contributed by atoms with Gasteiger partial charge in [-0.3, -0.25) is 4.79 Å². The van der Waals surface area contributed by atoms with Gasteiger partial charge in [0.15, 0.2) is 9.84 Å². The lowest BCUT2D eigenvalue weighted by atomic mass is 10.1. The maximum atomic E-state index is 12.1. The van der Waals surface area contributed by atoms with Gasteiger partial charge < -0.3 is 10.1 Å². The van der Waals surface area contributed by atoms with Gasteiger partial charge in [-0.25, -0.2) is 8.42 Å². The van der Waals surface area contributed by atoms with Crippen LogP contribution in [0.2, 0.25) is 0 Å². The lowest BCUT2D eigenvalue weighted by Crippen LogP contribution is -2.31. The standard InChI is InChI=1S/C19H23NO4S/c1-24-18-12-6-5-11-17(18)14-20-19(21)15-25(22,23)13-7-10-16-8-3-2-4-9-16/h2-6,8-9,11-12H,7,10,13-15H2,1H3,(H,20,21). The number of methoxy groups -OCH3 is 1. The molecule has 2 rings (SSSR count). The van der Waals surface area contributed by atoms with Crippen molar-refractivity contribution in [1.29, 1.82) is 0 Å². The third kappa shape index (κ3) is 6.58. The van der Waals surface area contributed by atoms with E-state index in [0.717, 1.165) is 11.1 Å². The number of hydrogen-bond acceptors (Lipinski definition) is 4. The van der Waals surface area contributed by atoms with Crippen molar-refractivity contribution in [3.63, 3.8) is 0 Å². The van der Waals surface area contributed by atoms with Gasteiger partial charge in [-0.15, -0.1) is 0 Å². The van der Waals surface area contributed by atoms with Crippen molar-refractivity contribution in [3.05, 3.63) is 65.7 Å². The van der Waals surface area contributed by atoms with E-state index in [4.69, 9.17) is 4.74 Å². The van der Waals surface area contributed by atoms with E-state index in [1.807, 2.05) is 48.5 Å². The van der Waals surface area contributed by atoms with Gasteiger partial charge in [0.2, 0.25) is 5.91 Å². The molecule has 0 aromatic heterocycles. The quantitative estimate of drug-likeness (QED) is 0.744. The smallest absolute Gasteiger partial charge is 0.235 e. The Balaban J connectivity index is 1.78. The minimum absolute atomic E-state index is 0.00394. The maximum Gasteiger partial charge on any atom is 0.235 e. The summed E-state index contributed by atoms with van der Waals surface area (Å²) < 4.78 is 29.4. The highest BCUT2D eigenvalue weighted by Gasteiger charge is 2.16. The number of sulfone groups is 1. The van der Waals surface area contributed by atoms with E-state index in [9.17, 15) is 13.2 Å². The van der Waals surface area contributed by atoms with Gasteiger partial charge in [0, 0.05) is 12.1 Å². The molecule has 134 valence electrons. The molecule has 0 fully saturated rings. The van der Waals surface area contributed by atoms with E-state index in [1.54, 1.807) is 13.2 Å². The Labute approximate surface area is 148 Å². The maximum absolute atomic E-state index is 12.1. The molecule has 0 bridgehead atoms. The summed E-state index contributed by atoms with van der Waals surface area (Å²) in [6, 6.07) is 17.0. The number of nitrogens with one attached hydrogen (secondary N) is 1. The molecule has 0 spiro atoms. The van der Waals surface area contributed by atoms with Crippen LogP contribution in [0.5, 0.6) is 5.75 Å². The third-order valence-electron chi connectivity index (χ3n) is 3.78. The fourth-order valence-electron chi connectivity index (χ4n) is 2.51. The zero-order valence-electron chi connectivity index (χ0n) is 14.3. The number of amides is 1. The lowest BCUT2D eigenvalue weighted by Gasteiger charge is -2.10. The van der Waals surface area contributed by atoms with Crippen molar-refractivity contribution in [2.24, 2.45) is 0 Å². The first-order valence-corrected chi connectivity index (χ1v) is 9.95. The van der Waals surface area contributed by atoms with Crippen molar-refractivity contribution in [2.45, 2.75) is 19.4 Å². The fraction of sp³-hybridized carbons (Fsp3) is 0.316. The number of rotatable bonds is 9. The summed E-state index contributed by atoms with van der Waals surface area (Å²) in [5, 5.41) is 2.64. The zero-order valence-corrected chi connectivity index (χ0v) is 15.1. The van der Waals surface area contributed by atoms with Crippen molar-refractivity contribution in [2.75, 3.05) is 18.6 Å². The van der Waals surface area contributed by atoms with Gasteiger partial charge in [-0.05, 0) is 24.5 Å². The molecular weight excluding hydrogens is 338 g/mol. The molecule has 0 radical (unpaired) electrons. The molecular formula is C19H23NO4S. The molecule has 0 unspecified atom stereocenters. The summed E-state index contributed by atoms with van der Waals surface area (Å²) in [6.07, 6.45) is 1.19. The lowest BCUT2D eigenvalue weighted by molar-refractivity contribution is -0.118.